The van der Waals surface area contributed by atoms with Crippen molar-refractivity contribution >= 4 is 0 Å². The molecule has 94 valence electrons. The van der Waals surface area contributed by atoms with Crippen LogP contribution < -0.4 is 10.6 Å². The summed E-state index contributed by atoms with van der Waals surface area (Å²) in [7, 11) is 0. The summed E-state index contributed by atoms with van der Waals surface area (Å²) in [6.07, 6.45) is 8.40. The van der Waals surface area contributed by atoms with E-state index in [-0.39, 0.29) is 0 Å². The summed E-state index contributed by atoms with van der Waals surface area (Å²) in [6, 6.07) is 0.753. The van der Waals surface area contributed by atoms with Crippen molar-refractivity contribution in [1.29, 1.82) is 0 Å². The summed E-state index contributed by atoms with van der Waals surface area (Å²) in [5, 5.41) is 7.34. The Morgan fingerprint density at radius 3 is 2.75 bits per heavy atom. The Kier molecular flexibility index (Phi) is 4.26. The van der Waals surface area contributed by atoms with Crippen molar-refractivity contribution in [2.24, 2.45) is 11.3 Å². The van der Waals surface area contributed by atoms with Crippen molar-refractivity contribution in [3.8, 4) is 0 Å². The standard InChI is InChI=1S/C14H28N2/c1-14(2)8-4-3-7-13(14)16-11-12-6-5-9-15-10-12/h12-13,15-16H,3-11H2,1-2H3. The third-order valence-electron chi connectivity index (χ3n) is 4.56. The fourth-order valence-corrected chi connectivity index (χ4v) is 3.28. The Hall–Kier alpha value is -0.0800. The smallest absolute Gasteiger partial charge is 0.0118 e. The second-order valence-electron chi connectivity index (χ2n) is 6.41. The molecule has 2 nitrogen and oxygen atoms in total. The molecule has 2 unspecified atom stereocenters. The van der Waals surface area contributed by atoms with E-state index in [1.807, 2.05) is 0 Å². The van der Waals surface area contributed by atoms with Gasteiger partial charge in [-0.05, 0) is 56.7 Å². The number of hydrogen-bond donors (Lipinski definition) is 2. The first-order chi connectivity index (χ1) is 7.68. The average Bonchev–Trinajstić information content (AvgIpc) is 2.28. The van der Waals surface area contributed by atoms with Crippen LogP contribution in [0.5, 0.6) is 0 Å². The summed E-state index contributed by atoms with van der Waals surface area (Å²) >= 11 is 0. The molecule has 16 heavy (non-hydrogen) atoms. The highest BCUT2D eigenvalue weighted by molar-refractivity contribution is 4.88. The molecule has 2 heteroatoms. The van der Waals surface area contributed by atoms with E-state index in [2.05, 4.69) is 24.5 Å². The maximum atomic E-state index is 3.84. The van der Waals surface area contributed by atoms with Gasteiger partial charge < -0.3 is 10.6 Å². The lowest BCUT2D eigenvalue weighted by Crippen LogP contribution is -2.47. The topological polar surface area (TPSA) is 24.1 Å². The van der Waals surface area contributed by atoms with Crippen molar-refractivity contribution in [3.63, 3.8) is 0 Å². The second-order valence-corrected chi connectivity index (χ2v) is 6.41. The molecule has 1 saturated carbocycles. The maximum Gasteiger partial charge on any atom is 0.0118 e. The average molecular weight is 224 g/mol. The molecule has 0 aromatic rings. The zero-order chi connectivity index (χ0) is 11.4. The Morgan fingerprint density at radius 1 is 1.19 bits per heavy atom. The van der Waals surface area contributed by atoms with Crippen LogP contribution >= 0.6 is 0 Å². The van der Waals surface area contributed by atoms with E-state index in [4.69, 9.17) is 0 Å². The molecular weight excluding hydrogens is 196 g/mol. The minimum Gasteiger partial charge on any atom is -0.316 e. The summed E-state index contributed by atoms with van der Waals surface area (Å²) in [5.41, 5.74) is 0.514. The Labute approximate surface area is 101 Å². The number of piperidine rings is 1. The Bertz CT molecular complexity index is 207. The molecule has 0 spiro atoms. The van der Waals surface area contributed by atoms with Crippen LogP contribution in [0, 0.1) is 11.3 Å². The maximum absolute atomic E-state index is 3.84. The predicted octanol–water partition coefficient (Wildman–Crippen LogP) is 2.54. The van der Waals surface area contributed by atoms with Gasteiger partial charge in [0.2, 0.25) is 0 Å². The van der Waals surface area contributed by atoms with Gasteiger partial charge in [0.25, 0.3) is 0 Å². The molecule has 1 aliphatic carbocycles. The van der Waals surface area contributed by atoms with Gasteiger partial charge in [0.15, 0.2) is 0 Å². The van der Waals surface area contributed by atoms with E-state index in [0.717, 1.165) is 12.0 Å². The van der Waals surface area contributed by atoms with Gasteiger partial charge in [-0.15, -0.1) is 0 Å². The number of hydrogen-bond acceptors (Lipinski definition) is 2. The van der Waals surface area contributed by atoms with Crippen molar-refractivity contribution in [2.45, 2.75) is 58.4 Å². The quantitative estimate of drug-likeness (QED) is 0.770. The summed E-state index contributed by atoms with van der Waals surface area (Å²) in [4.78, 5) is 0. The lowest BCUT2D eigenvalue weighted by molar-refractivity contribution is 0.159. The van der Waals surface area contributed by atoms with Crippen LogP contribution in [0.2, 0.25) is 0 Å². The summed E-state index contributed by atoms with van der Waals surface area (Å²) in [6.45, 7) is 8.54. The van der Waals surface area contributed by atoms with Crippen LogP contribution in [-0.2, 0) is 0 Å². The fourth-order valence-electron chi connectivity index (χ4n) is 3.28. The van der Waals surface area contributed by atoms with Crippen molar-refractivity contribution in [2.75, 3.05) is 19.6 Å². The van der Waals surface area contributed by atoms with E-state index in [0.29, 0.717) is 5.41 Å². The van der Waals surface area contributed by atoms with Crippen LogP contribution in [0.15, 0.2) is 0 Å². The first-order valence-corrected chi connectivity index (χ1v) is 7.12. The van der Waals surface area contributed by atoms with Gasteiger partial charge in [-0.25, -0.2) is 0 Å². The van der Waals surface area contributed by atoms with Gasteiger partial charge in [0.1, 0.15) is 0 Å². The molecule has 2 rings (SSSR count). The predicted molar refractivity (Wildman–Crippen MR) is 69.6 cm³/mol. The molecule has 2 N–H and O–H groups in total. The Balaban J connectivity index is 1.75. The van der Waals surface area contributed by atoms with Gasteiger partial charge in [-0.3, -0.25) is 0 Å². The number of nitrogens with one attached hydrogen (secondary N) is 2. The fraction of sp³-hybridized carbons (Fsp3) is 1.00. The lowest BCUT2D eigenvalue weighted by atomic mass is 9.73. The summed E-state index contributed by atoms with van der Waals surface area (Å²) < 4.78 is 0. The molecule has 0 aromatic heterocycles. The van der Waals surface area contributed by atoms with Crippen molar-refractivity contribution in [3.05, 3.63) is 0 Å². The van der Waals surface area contributed by atoms with E-state index < -0.39 is 0 Å². The van der Waals surface area contributed by atoms with Gasteiger partial charge in [-0.1, -0.05) is 26.7 Å². The molecule has 2 atom stereocenters. The Morgan fingerprint density at radius 2 is 2.06 bits per heavy atom. The van der Waals surface area contributed by atoms with Crippen molar-refractivity contribution in [1.82, 2.24) is 10.6 Å². The van der Waals surface area contributed by atoms with E-state index in [1.165, 1.54) is 58.2 Å². The van der Waals surface area contributed by atoms with Crippen molar-refractivity contribution < 1.29 is 0 Å². The third kappa shape index (κ3) is 3.21. The number of rotatable bonds is 3. The zero-order valence-electron chi connectivity index (χ0n) is 11.0. The highest BCUT2D eigenvalue weighted by Gasteiger charge is 2.32. The minimum absolute atomic E-state index is 0.514. The third-order valence-corrected chi connectivity index (χ3v) is 4.56. The second kappa shape index (κ2) is 5.50. The molecule has 1 saturated heterocycles. The molecule has 0 amide bonds. The first-order valence-electron chi connectivity index (χ1n) is 7.12. The lowest BCUT2D eigenvalue weighted by Gasteiger charge is -2.40. The van der Waals surface area contributed by atoms with Crippen LogP contribution in [0.25, 0.3) is 0 Å². The monoisotopic (exact) mass is 224 g/mol. The highest BCUT2D eigenvalue weighted by Crippen LogP contribution is 2.35. The molecular formula is C14H28N2. The van der Waals surface area contributed by atoms with Gasteiger partial charge in [0, 0.05) is 6.04 Å². The van der Waals surface area contributed by atoms with E-state index in [1.54, 1.807) is 0 Å². The van der Waals surface area contributed by atoms with E-state index >= 15 is 0 Å². The molecule has 0 bridgehead atoms. The highest BCUT2D eigenvalue weighted by atomic mass is 15.0. The largest absolute Gasteiger partial charge is 0.316 e. The molecule has 2 fully saturated rings. The SMILES string of the molecule is CC1(C)CCCCC1NCC1CCCNC1. The van der Waals surface area contributed by atoms with Gasteiger partial charge >= 0.3 is 0 Å². The molecule has 0 aromatic carbocycles. The zero-order valence-corrected chi connectivity index (χ0v) is 11.0. The normalized spacial score (nSPS) is 34.9. The first kappa shape index (κ1) is 12.4. The van der Waals surface area contributed by atoms with E-state index in [9.17, 15) is 0 Å². The molecule has 1 aliphatic heterocycles. The van der Waals surface area contributed by atoms with Gasteiger partial charge in [0.05, 0.1) is 0 Å². The van der Waals surface area contributed by atoms with Crippen LogP contribution in [0.1, 0.15) is 52.4 Å². The van der Waals surface area contributed by atoms with Gasteiger partial charge in [-0.2, -0.15) is 0 Å². The minimum atomic E-state index is 0.514. The molecule has 0 radical (unpaired) electrons. The van der Waals surface area contributed by atoms with Crippen LogP contribution in [-0.4, -0.2) is 25.7 Å². The molecule has 1 heterocycles. The summed E-state index contributed by atoms with van der Waals surface area (Å²) in [5.74, 6) is 0.867. The van der Waals surface area contributed by atoms with Crippen LogP contribution in [0.3, 0.4) is 0 Å². The van der Waals surface area contributed by atoms with Crippen LogP contribution in [0.4, 0.5) is 0 Å². The molecule has 2 aliphatic rings.